The van der Waals surface area contributed by atoms with E-state index in [1.165, 1.54) is 31.4 Å². The molecule has 2 fully saturated rings. The molecule has 2 aliphatic rings. The number of methoxy groups -OCH3 is 1. The van der Waals surface area contributed by atoms with Crippen LogP contribution in [0.1, 0.15) is 30.7 Å². The summed E-state index contributed by atoms with van der Waals surface area (Å²) in [6, 6.07) is 5.16. The van der Waals surface area contributed by atoms with Crippen LogP contribution < -0.4 is 14.8 Å². The Labute approximate surface area is 262 Å². The summed E-state index contributed by atoms with van der Waals surface area (Å²) >= 11 is 0. The molecular formula is C33H30F3N7O3. The van der Waals surface area contributed by atoms with Gasteiger partial charge in [-0.05, 0) is 43.0 Å². The van der Waals surface area contributed by atoms with Crippen LogP contribution in [0, 0.1) is 24.0 Å². The highest BCUT2D eigenvalue weighted by molar-refractivity contribution is 6.04. The third-order valence-corrected chi connectivity index (χ3v) is 8.94. The summed E-state index contributed by atoms with van der Waals surface area (Å²) in [6.45, 7) is 1.45. The van der Waals surface area contributed by atoms with E-state index in [0.29, 0.717) is 24.2 Å². The number of anilines is 1. The van der Waals surface area contributed by atoms with Crippen LogP contribution in [0.3, 0.4) is 0 Å². The Balaban J connectivity index is 1.41. The van der Waals surface area contributed by atoms with Crippen molar-refractivity contribution >= 4 is 27.5 Å². The predicted molar refractivity (Wildman–Crippen MR) is 165 cm³/mol. The van der Waals surface area contributed by atoms with Crippen molar-refractivity contribution in [1.82, 2.24) is 29.4 Å². The number of halogens is 3. The van der Waals surface area contributed by atoms with Crippen molar-refractivity contribution in [1.29, 1.82) is 0 Å². The molecule has 0 unspecified atom stereocenters. The zero-order valence-corrected chi connectivity index (χ0v) is 25.1. The van der Waals surface area contributed by atoms with Gasteiger partial charge in [-0.25, -0.2) is 23.1 Å². The van der Waals surface area contributed by atoms with E-state index < -0.39 is 23.3 Å². The molecule has 2 saturated heterocycles. The quantitative estimate of drug-likeness (QED) is 0.226. The zero-order chi connectivity index (χ0) is 32.2. The van der Waals surface area contributed by atoms with Gasteiger partial charge in [-0.2, -0.15) is 9.97 Å². The number of aromatic hydroxyl groups is 1. The number of phenolic OH excluding ortho intramolecular Hbond substituents is 1. The highest BCUT2D eigenvalue weighted by Crippen LogP contribution is 2.43. The molecule has 13 heteroatoms. The van der Waals surface area contributed by atoms with Gasteiger partial charge in [0.1, 0.15) is 52.6 Å². The predicted octanol–water partition coefficient (Wildman–Crippen LogP) is 5.12. The number of rotatable bonds is 8. The van der Waals surface area contributed by atoms with Crippen LogP contribution in [0.4, 0.5) is 19.0 Å². The van der Waals surface area contributed by atoms with Crippen molar-refractivity contribution in [3.05, 3.63) is 59.7 Å². The number of pyridine rings is 1. The molecule has 0 radical (unpaired) electrons. The van der Waals surface area contributed by atoms with Crippen LogP contribution in [0.2, 0.25) is 0 Å². The number of benzene rings is 2. The van der Waals surface area contributed by atoms with E-state index in [0.717, 1.165) is 19.4 Å². The first-order valence-electron chi connectivity index (χ1n) is 14.8. The van der Waals surface area contributed by atoms with Crippen molar-refractivity contribution in [2.24, 2.45) is 7.05 Å². The van der Waals surface area contributed by atoms with Crippen LogP contribution in [-0.2, 0) is 13.6 Å². The molecule has 3 aromatic heterocycles. The van der Waals surface area contributed by atoms with Gasteiger partial charge in [0.2, 0.25) is 5.88 Å². The lowest BCUT2D eigenvalue weighted by molar-refractivity contribution is 0.107. The first-order valence-corrected chi connectivity index (χ1v) is 14.8. The number of hydrogen-bond acceptors (Lipinski definition) is 9. The SMILES string of the molecule is C#Cc1c(F)ccc2cc(O)cc(-c3nc(OC)c4c(NCc5nccn5C)nc(OC[C@@]56CCCN5C[C@H](F)C6)nc4c3F)c12. The average molecular weight is 630 g/mol. The molecule has 236 valence electrons. The average Bonchev–Trinajstić information content (AvgIpc) is 3.72. The van der Waals surface area contributed by atoms with Gasteiger partial charge in [-0.3, -0.25) is 4.90 Å². The van der Waals surface area contributed by atoms with Crippen LogP contribution >= 0.6 is 0 Å². The number of phenols is 1. The number of hydrogen-bond donors (Lipinski definition) is 2. The Morgan fingerprint density at radius 3 is 2.80 bits per heavy atom. The molecule has 2 aliphatic heterocycles. The van der Waals surface area contributed by atoms with Crippen molar-refractivity contribution < 1.29 is 27.8 Å². The molecule has 0 spiro atoms. The molecular weight excluding hydrogens is 599 g/mol. The van der Waals surface area contributed by atoms with Gasteiger partial charge < -0.3 is 24.5 Å². The Bertz CT molecular complexity index is 2050. The number of terminal acetylenes is 1. The second kappa shape index (κ2) is 11.4. The number of alkyl halides is 1. The molecule has 2 atom stereocenters. The standard InChI is InChI=1S/C33H30F3N7O3/c1-4-21-23(35)7-6-18-12-20(44)13-22(25(18)21)28-27(36)29-26(31(39-28)45-3)30(38-15-24-37-9-11-42(24)2)41-32(40-29)46-17-33-8-5-10-43(33)16-19(34)14-33/h1,6-7,9,11-13,19,44H,5,8,10,14-17H2,2-3H3,(H,38,40,41)/t19-,33+/m1/s1. The second-order valence-corrected chi connectivity index (χ2v) is 11.7. The smallest absolute Gasteiger partial charge is 0.319 e. The van der Waals surface area contributed by atoms with E-state index in [9.17, 15) is 13.9 Å². The van der Waals surface area contributed by atoms with Crippen molar-refractivity contribution in [2.45, 2.75) is 37.5 Å². The summed E-state index contributed by atoms with van der Waals surface area (Å²) in [5, 5.41) is 14.4. The van der Waals surface area contributed by atoms with Gasteiger partial charge in [-0.15, -0.1) is 6.42 Å². The number of aromatic nitrogens is 5. The lowest BCUT2D eigenvalue weighted by atomic mass is 9.95. The molecule has 0 aliphatic carbocycles. The molecule has 0 amide bonds. The van der Waals surface area contributed by atoms with Crippen molar-refractivity contribution in [2.75, 3.05) is 32.1 Å². The first kappa shape index (κ1) is 29.6. The summed E-state index contributed by atoms with van der Waals surface area (Å²) in [6.07, 6.45) is 10.2. The first-order chi connectivity index (χ1) is 22.2. The summed E-state index contributed by atoms with van der Waals surface area (Å²) in [5.41, 5.74) is -1.03. The fraction of sp³-hybridized carbons (Fsp3) is 0.333. The van der Waals surface area contributed by atoms with E-state index >= 15 is 4.39 Å². The largest absolute Gasteiger partial charge is 0.508 e. The van der Waals surface area contributed by atoms with Crippen LogP contribution in [0.5, 0.6) is 17.6 Å². The van der Waals surface area contributed by atoms with Crippen molar-refractivity contribution in [3.8, 4) is 41.2 Å². The molecule has 0 bridgehead atoms. The Morgan fingerprint density at radius 2 is 2.04 bits per heavy atom. The zero-order valence-electron chi connectivity index (χ0n) is 25.1. The third-order valence-electron chi connectivity index (χ3n) is 8.94. The number of ether oxygens (including phenoxy) is 2. The molecule has 10 nitrogen and oxygen atoms in total. The van der Waals surface area contributed by atoms with E-state index in [4.69, 9.17) is 15.9 Å². The minimum atomic E-state index is -0.957. The Morgan fingerprint density at radius 1 is 1.20 bits per heavy atom. The van der Waals surface area contributed by atoms with Gasteiger partial charge in [0.05, 0.1) is 24.8 Å². The van der Waals surface area contributed by atoms with E-state index in [2.05, 4.69) is 36.1 Å². The molecule has 7 rings (SSSR count). The number of nitrogens with zero attached hydrogens (tertiary/aromatic N) is 6. The normalized spacial score (nSPS) is 19.4. The monoisotopic (exact) mass is 629 g/mol. The number of fused-ring (bicyclic) bond motifs is 3. The maximum Gasteiger partial charge on any atom is 0.319 e. The maximum atomic E-state index is 16.8. The van der Waals surface area contributed by atoms with Crippen LogP contribution in [-0.4, -0.2) is 73.0 Å². The molecule has 46 heavy (non-hydrogen) atoms. The van der Waals surface area contributed by atoms with Gasteiger partial charge in [0.15, 0.2) is 5.82 Å². The number of aryl methyl sites for hydroxylation is 1. The van der Waals surface area contributed by atoms with Crippen LogP contribution in [0.15, 0.2) is 36.7 Å². The van der Waals surface area contributed by atoms with Crippen molar-refractivity contribution in [3.63, 3.8) is 0 Å². The summed E-state index contributed by atoms with van der Waals surface area (Å²) < 4.78 is 59.7. The highest BCUT2D eigenvalue weighted by Gasteiger charge is 2.49. The number of nitrogens with one attached hydrogen (secondary N) is 1. The second-order valence-electron chi connectivity index (χ2n) is 11.7. The van der Waals surface area contributed by atoms with Gasteiger partial charge in [0.25, 0.3) is 0 Å². The third kappa shape index (κ3) is 4.89. The summed E-state index contributed by atoms with van der Waals surface area (Å²) in [7, 11) is 3.20. The van der Waals surface area contributed by atoms with E-state index in [1.807, 2.05) is 11.6 Å². The summed E-state index contributed by atoms with van der Waals surface area (Å²) in [5.74, 6) is 1.36. The fourth-order valence-corrected chi connectivity index (χ4v) is 6.77. The minimum absolute atomic E-state index is 0.0351. The molecule has 5 heterocycles. The lowest BCUT2D eigenvalue weighted by Gasteiger charge is -2.30. The van der Waals surface area contributed by atoms with Crippen LogP contribution in [0.25, 0.3) is 32.9 Å². The Kier molecular flexibility index (Phi) is 7.32. The molecule has 2 aromatic carbocycles. The molecule has 0 saturated carbocycles. The Hall–Kier alpha value is -5.09. The topological polar surface area (TPSA) is 110 Å². The highest BCUT2D eigenvalue weighted by atomic mass is 19.1. The van der Waals surface area contributed by atoms with Gasteiger partial charge in [-0.1, -0.05) is 12.0 Å². The number of imidazole rings is 1. The van der Waals surface area contributed by atoms with E-state index in [1.54, 1.807) is 12.4 Å². The molecule has 2 N–H and O–H groups in total. The maximum absolute atomic E-state index is 16.8. The molecule has 5 aromatic rings. The van der Waals surface area contributed by atoms with E-state index in [-0.39, 0.29) is 69.7 Å². The summed E-state index contributed by atoms with van der Waals surface area (Å²) in [4.78, 5) is 19.9. The fourth-order valence-electron chi connectivity index (χ4n) is 6.77. The van der Waals surface area contributed by atoms with Gasteiger partial charge >= 0.3 is 6.01 Å². The minimum Gasteiger partial charge on any atom is -0.508 e. The van der Waals surface area contributed by atoms with Gasteiger partial charge in [0, 0.05) is 43.4 Å². The lowest BCUT2D eigenvalue weighted by Crippen LogP contribution is -2.43.